The van der Waals surface area contributed by atoms with E-state index in [2.05, 4.69) is 10.6 Å². The third-order valence-electron chi connectivity index (χ3n) is 2.41. The first-order valence-corrected chi connectivity index (χ1v) is 5.25. The van der Waals surface area contributed by atoms with Crippen molar-refractivity contribution in [2.75, 3.05) is 24.3 Å². The minimum Gasteiger partial charge on any atom is -0.399 e. The Bertz CT molecular complexity index is 375. The van der Waals surface area contributed by atoms with E-state index in [1.165, 1.54) is 0 Å². The lowest BCUT2D eigenvalue weighted by Crippen LogP contribution is -2.38. The Kier molecular flexibility index (Phi) is 3.26. The summed E-state index contributed by atoms with van der Waals surface area (Å²) in [6.45, 7) is 1.30. The number of amides is 2. The molecule has 86 valence electrons. The molecular formula is C11H15N3O2. The van der Waals surface area contributed by atoms with Crippen molar-refractivity contribution < 1.29 is 9.53 Å². The van der Waals surface area contributed by atoms with Crippen molar-refractivity contribution in [3.63, 3.8) is 0 Å². The maximum absolute atomic E-state index is 11.6. The summed E-state index contributed by atoms with van der Waals surface area (Å²) in [5.41, 5.74) is 6.92. The van der Waals surface area contributed by atoms with Gasteiger partial charge in [-0.05, 0) is 24.6 Å². The first-order chi connectivity index (χ1) is 7.74. The summed E-state index contributed by atoms with van der Waals surface area (Å²) in [6.07, 6.45) is 0.865. The topological polar surface area (TPSA) is 76.4 Å². The van der Waals surface area contributed by atoms with E-state index >= 15 is 0 Å². The predicted octanol–water partition coefficient (Wildman–Crippen LogP) is 1.18. The first-order valence-electron chi connectivity index (χ1n) is 5.25. The number of urea groups is 1. The van der Waals surface area contributed by atoms with Crippen molar-refractivity contribution >= 4 is 17.4 Å². The minimum atomic E-state index is -0.221. The van der Waals surface area contributed by atoms with Crippen molar-refractivity contribution in [2.45, 2.75) is 12.5 Å². The maximum Gasteiger partial charge on any atom is 0.319 e. The Morgan fingerprint density at radius 3 is 3.06 bits per heavy atom. The van der Waals surface area contributed by atoms with Gasteiger partial charge in [0.1, 0.15) is 0 Å². The van der Waals surface area contributed by atoms with Gasteiger partial charge in [0.05, 0.1) is 12.6 Å². The van der Waals surface area contributed by atoms with Gasteiger partial charge >= 0.3 is 6.03 Å². The van der Waals surface area contributed by atoms with Crippen LogP contribution in [0.1, 0.15) is 6.42 Å². The molecule has 0 spiro atoms. The Morgan fingerprint density at radius 2 is 2.38 bits per heavy atom. The lowest BCUT2D eigenvalue weighted by atomic mass is 10.2. The van der Waals surface area contributed by atoms with Gasteiger partial charge in [-0.1, -0.05) is 6.07 Å². The number of rotatable bonds is 2. The van der Waals surface area contributed by atoms with E-state index in [0.717, 1.165) is 6.42 Å². The molecule has 5 heteroatoms. The number of nitrogen functional groups attached to an aromatic ring is 1. The van der Waals surface area contributed by atoms with Crippen LogP contribution in [0.25, 0.3) is 0 Å². The summed E-state index contributed by atoms with van der Waals surface area (Å²) in [7, 11) is 0. The van der Waals surface area contributed by atoms with E-state index in [4.69, 9.17) is 10.5 Å². The largest absolute Gasteiger partial charge is 0.399 e. The third-order valence-corrected chi connectivity index (χ3v) is 2.41. The van der Waals surface area contributed by atoms with Crippen molar-refractivity contribution in [2.24, 2.45) is 0 Å². The molecule has 1 aliphatic rings. The second-order valence-electron chi connectivity index (χ2n) is 3.78. The number of nitrogens with one attached hydrogen (secondary N) is 2. The van der Waals surface area contributed by atoms with Crippen LogP contribution in [0.3, 0.4) is 0 Å². The summed E-state index contributed by atoms with van der Waals surface area (Å²) < 4.78 is 5.16. The third kappa shape index (κ3) is 2.87. The summed E-state index contributed by atoms with van der Waals surface area (Å²) >= 11 is 0. The fraction of sp³-hybridized carbons (Fsp3) is 0.364. The van der Waals surface area contributed by atoms with Crippen LogP contribution in [0.15, 0.2) is 24.3 Å². The van der Waals surface area contributed by atoms with Crippen molar-refractivity contribution in [3.05, 3.63) is 24.3 Å². The zero-order valence-corrected chi connectivity index (χ0v) is 8.90. The van der Waals surface area contributed by atoms with Crippen LogP contribution in [-0.4, -0.2) is 25.3 Å². The highest BCUT2D eigenvalue weighted by Crippen LogP contribution is 2.11. The van der Waals surface area contributed by atoms with Gasteiger partial charge in [0.2, 0.25) is 0 Å². The predicted molar refractivity (Wildman–Crippen MR) is 62.2 cm³/mol. The van der Waals surface area contributed by atoms with Crippen LogP contribution in [0, 0.1) is 0 Å². The molecule has 1 aromatic carbocycles. The lowest BCUT2D eigenvalue weighted by Gasteiger charge is -2.11. The van der Waals surface area contributed by atoms with Gasteiger partial charge in [-0.25, -0.2) is 4.79 Å². The van der Waals surface area contributed by atoms with E-state index in [-0.39, 0.29) is 12.1 Å². The monoisotopic (exact) mass is 221 g/mol. The Labute approximate surface area is 94.0 Å². The molecule has 1 fully saturated rings. The summed E-state index contributed by atoms with van der Waals surface area (Å²) in [5.74, 6) is 0. The molecule has 1 heterocycles. The summed E-state index contributed by atoms with van der Waals surface area (Å²) in [4.78, 5) is 11.6. The molecule has 1 aliphatic heterocycles. The fourth-order valence-corrected chi connectivity index (χ4v) is 1.62. The fourth-order valence-electron chi connectivity index (χ4n) is 1.62. The van der Waals surface area contributed by atoms with Gasteiger partial charge in [-0.2, -0.15) is 0 Å². The van der Waals surface area contributed by atoms with E-state index in [1.54, 1.807) is 24.3 Å². The molecule has 0 bridgehead atoms. The van der Waals surface area contributed by atoms with E-state index < -0.39 is 0 Å². The van der Waals surface area contributed by atoms with Gasteiger partial charge in [0.25, 0.3) is 0 Å². The molecule has 0 saturated carbocycles. The molecule has 0 radical (unpaired) electrons. The second-order valence-corrected chi connectivity index (χ2v) is 3.78. The van der Waals surface area contributed by atoms with E-state index in [1.807, 2.05) is 0 Å². The summed E-state index contributed by atoms with van der Waals surface area (Å²) in [5, 5.41) is 5.55. The number of benzene rings is 1. The SMILES string of the molecule is Nc1cccc(NC(=O)NC2CCOC2)c1. The Hall–Kier alpha value is -1.75. The highest BCUT2D eigenvalue weighted by Gasteiger charge is 2.17. The van der Waals surface area contributed by atoms with Crippen LogP contribution in [0.4, 0.5) is 16.2 Å². The Morgan fingerprint density at radius 1 is 1.50 bits per heavy atom. The molecule has 0 aromatic heterocycles. The van der Waals surface area contributed by atoms with Crippen molar-refractivity contribution in [1.29, 1.82) is 0 Å². The number of anilines is 2. The molecule has 2 amide bonds. The van der Waals surface area contributed by atoms with Crippen molar-refractivity contribution in [1.82, 2.24) is 5.32 Å². The lowest BCUT2D eigenvalue weighted by molar-refractivity contribution is 0.189. The van der Waals surface area contributed by atoms with Gasteiger partial charge in [0.15, 0.2) is 0 Å². The standard InChI is InChI=1S/C11H15N3O2/c12-8-2-1-3-9(6-8)13-11(15)14-10-4-5-16-7-10/h1-3,6,10H,4-5,7,12H2,(H2,13,14,15). The number of hydrogen-bond donors (Lipinski definition) is 3. The van der Waals surface area contributed by atoms with Crippen LogP contribution < -0.4 is 16.4 Å². The normalized spacial score (nSPS) is 19.4. The van der Waals surface area contributed by atoms with Crippen LogP contribution in [0.2, 0.25) is 0 Å². The minimum absolute atomic E-state index is 0.112. The van der Waals surface area contributed by atoms with E-state index in [0.29, 0.717) is 24.6 Å². The number of hydrogen-bond acceptors (Lipinski definition) is 3. The van der Waals surface area contributed by atoms with Gasteiger partial charge in [-0.15, -0.1) is 0 Å². The zero-order valence-electron chi connectivity index (χ0n) is 8.90. The number of nitrogens with two attached hydrogens (primary N) is 1. The van der Waals surface area contributed by atoms with Gasteiger partial charge < -0.3 is 21.1 Å². The van der Waals surface area contributed by atoms with Crippen LogP contribution in [-0.2, 0) is 4.74 Å². The second kappa shape index (κ2) is 4.85. The quantitative estimate of drug-likeness (QED) is 0.656. The highest BCUT2D eigenvalue weighted by atomic mass is 16.5. The number of ether oxygens (including phenoxy) is 1. The average Bonchev–Trinajstić information content (AvgIpc) is 2.70. The molecule has 16 heavy (non-hydrogen) atoms. The zero-order chi connectivity index (χ0) is 11.4. The molecule has 4 N–H and O–H groups in total. The Balaban J connectivity index is 1.86. The molecule has 1 saturated heterocycles. The maximum atomic E-state index is 11.6. The molecular weight excluding hydrogens is 206 g/mol. The van der Waals surface area contributed by atoms with Gasteiger partial charge in [-0.3, -0.25) is 0 Å². The highest BCUT2D eigenvalue weighted by molar-refractivity contribution is 5.89. The number of carbonyl (C=O) groups excluding carboxylic acids is 1. The molecule has 1 unspecified atom stereocenters. The smallest absolute Gasteiger partial charge is 0.319 e. The molecule has 1 atom stereocenters. The van der Waals surface area contributed by atoms with Crippen LogP contribution in [0.5, 0.6) is 0 Å². The molecule has 2 rings (SSSR count). The van der Waals surface area contributed by atoms with Gasteiger partial charge in [0, 0.05) is 18.0 Å². The number of carbonyl (C=O) groups is 1. The molecule has 1 aromatic rings. The van der Waals surface area contributed by atoms with Crippen LogP contribution >= 0.6 is 0 Å². The van der Waals surface area contributed by atoms with E-state index in [9.17, 15) is 4.79 Å². The average molecular weight is 221 g/mol. The first kappa shape index (κ1) is 10.8. The summed E-state index contributed by atoms with van der Waals surface area (Å²) in [6, 6.07) is 6.96. The van der Waals surface area contributed by atoms with Crippen molar-refractivity contribution in [3.8, 4) is 0 Å². The molecule has 5 nitrogen and oxygen atoms in total. The molecule has 0 aliphatic carbocycles.